The minimum Gasteiger partial charge on any atom is -0.292 e. The summed E-state index contributed by atoms with van der Waals surface area (Å²) in [5, 5.41) is 0. The Morgan fingerprint density at radius 2 is 1.65 bits per heavy atom. The number of likely N-dealkylation sites (tertiary alicyclic amines) is 1. The van der Waals surface area contributed by atoms with Crippen molar-refractivity contribution < 1.29 is 9.59 Å². The molecule has 106 valence electrons. The molecule has 1 aromatic rings. The van der Waals surface area contributed by atoms with Crippen molar-refractivity contribution in [2.75, 3.05) is 18.0 Å². The van der Waals surface area contributed by atoms with E-state index >= 15 is 0 Å². The fourth-order valence-corrected chi connectivity index (χ4v) is 3.10. The molecule has 2 aliphatic heterocycles. The maximum absolute atomic E-state index is 12.6. The third kappa shape index (κ3) is 2.36. The summed E-state index contributed by atoms with van der Waals surface area (Å²) in [4.78, 5) is 28.3. The standard InChI is InChI=1S/C16H20N2O2/c1-12-5-7-13(8-6-12)18-15(19)11-14(16(18)20)17-9-3-2-4-10-17/h5-8,14H,2-4,9-11H2,1H3/t14-/m1/s1. The quantitative estimate of drug-likeness (QED) is 0.774. The number of nitrogens with zero attached hydrogens (tertiary/aromatic N) is 2. The molecule has 20 heavy (non-hydrogen) atoms. The van der Waals surface area contributed by atoms with E-state index in [1.54, 1.807) is 0 Å². The number of benzene rings is 1. The molecule has 0 unspecified atom stereocenters. The second-order valence-corrected chi connectivity index (χ2v) is 5.72. The van der Waals surface area contributed by atoms with Gasteiger partial charge in [-0.15, -0.1) is 0 Å². The Morgan fingerprint density at radius 1 is 1.00 bits per heavy atom. The van der Waals surface area contributed by atoms with E-state index in [4.69, 9.17) is 0 Å². The van der Waals surface area contributed by atoms with Gasteiger partial charge >= 0.3 is 0 Å². The highest BCUT2D eigenvalue weighted by atomic mass is 16.2. The van der Waals surface area contributed by atoms with Crippen molar-refractivity contribution in [2.45, 2.75) is 38.6 Å². The van der Waals surface area contributed by atoms with Crippen LogP contribution in [0.15, 0.2) is 24.3 Å². The fourth-order valence-electron chi connectivity index (χ4n) is 3.10. The molecule has 1 aromatic carbocycles. The zero-order valence-electron chi connectivity index (χ0n) is 11.8. The number of hydrogen-bond donors (Lipinski definition) is 0. The summed E-state index contributed by atoms with van der Waals surface area (Å²) in [7, 11) is 0. The van der Waals surface area contributed by atoms with Crippen LogP contribution in [0.3, 0.4) is 0 Å². The van der Waals surface area contributed by atoms with E-state index in [-0.39, 0.29) is 17.9 Å². The maximum atomic E-state index is 12.6. The van der Waals surface area contributed by atoms with Crippen LogP contribution in [0.1, 0.15) is 31.2 Å². The predicted octanol–water partition coefficient (Wildman–Crippen LogP) is 2.11. The van der Waals surface area contributed by atoms with Crippen LogP contribution >= 0.6 is 0 Å². The lowest BCUT2D eigenvalue weighted by Crippen LogP contribution is -2.44. The van der Waals surface area contributed by atoms with Gasteiger partial charge in [0.2, 0.25) is 5.91 Å². The zero-order chi connectivity index (χ0) is 14.1. The van der Waals surface area contributed by atoms with Gasteiger partial charge in [0.25, 0.3) is 5.91 Å². The molecule has 2 aliphatic rings. The molecule has 3 rings (SSSR count). The Hall–Kier alpha value is -1.68. The number of rotatable bonds is 2. The first kappa shape index (κ1) is 13.3. The van der Waals surface area contributed by atoms with E-state index < -0.39 is 0 Å². The van der Waals surface area contributed by atoms with Crippen LogP contribution in [0.4, 0.5) is 5.69 Å². The lowest BCUT2D eigenvalue weighted by molar-refractivity contribution is -0.123. The third-order valence-corrected chi connectivity index (χ3v) is 4.25. The lowest BCUT2D eigenvalue weighted by Gasteiger charge is -2.30. The van der Waals surface area contributed by atoms with E-state index in [1.165, 1.54) is 11.3 Å². The van der Waals surface area contributed by atoms with Gasteiger partial charge in [-0.1, -0.05) is 24.1 Å². The van der Waals surface area contributed by atoms with Crippen molar-refractivity contribution in [2.24, 2.45) is 0 Å². The van der Waals surface area contributed by atoms with Crippen LogP contribution in [0.25, 0.3) is 0 Å². The van der Waals surface area contributed by atoms with Crippen LogP contribution in [0, 0.1) is 6.92 Å². The first-order valence-corrected chi connectivity index (χ1v) is 7.34. The van der Waals surface area contributed by atoms with Gasteiger partial charge in [-0.25, -0.2) is 4.90 Å². The van der Waals surface area contributed by atoms with Gasteiger partial charge in [-0.3, -0.25) is 14.5 Å². The summed E-state index contributed by atoms with van der Waals surface area (Å²) >= 11 is 0. The second-order valence-electron chi connectivity index (χ2n) is 5.72. The largest absolute Gasteiger partial charge is 0.292 e. The molecule has 0 aromatic heterocycles. The molecule has 0 radical (unpaired) electrons. The van der Waals surface area contributed by atoms with Crippen molar-refractivity contribution in [1.82, 2.24) is 4.90 Å². The van der Waals surface area contributed by atoms with Gasteiger partial charge in [-0.2, -0.15) is 0 Å². The maximum Gasteiger partial charge on any atom is 0.251 e. The van der Waals surface area contributed by atoms with Crippen LogP contribution in [0.5, 0.6) is 0 Å². The highest BCUT2D eigenvalue weighted by Crippen LogP contribution is 2.27. The van der Waals surface area contributed by atoms with Crippen LogP contribution in [0.2, 0.25) is 0 Å². The Morgan fingerprint density at radius 3 is 2.30 bits per heavy atom. The summed E-state index contributed by atoms with van der Waals surface area (Å²) in [6.07, 6.45) is 3.81. The van der Waals surface area contributed by atoms with Crippen molar-refractivity contribution in [3.63, 3.8) is 0 Å². The van der Waals surface area contributed by atoms with Crippen molar-refractivity contribution in [1.29, 1.82) is 0 Å². The summed E-state index contributed by atoms with van der Waals surface area (Å²) in [6.45, 7) is 3.87. The van der Waals surface area contributed by atoms with Crippen LogP contribution in [-0.4, -0.2) is 35.8 Å². The van der Waals surface area contributed by atoms with E-state index in [0.717, 1.165) is 31.5 Å². The number of anilines is 1. The molecule has 4 heteroatoms. The molecule has 0 aliphatic carbocycles. The number of carbonyl (C=O) groups is 2. The Labute approximate surface area is 119 Å². The lowest BCUT2D eigenvalue weighted by atomic mass is 10.1. The number of carbonyl (C=O) groups excluding carboxylic acids is 2. The zero-order valence-corrected chi connectivity index (χ0v) is 11.8. The highest BCUT2D eigenvalue weighted by Gasteiger charge is 2.42. The molecule has 2 heterocycles. The molecule has 0 saturated carbocycles. The van der Waals surface area contributed by atoms with Crippen LogP contribution < -0.4 is 4.90 Å². The number of aryl methyl sites for hydroxylation is 1. The molecule has 0 bridgehead atoms. The molecule has 2 fully saturated rings. The van der Waals surface area contributed by atoms with Crippen molar-refractivity contribution in [3.05, 3.63) is 29.8 Å². The molecule has 0 spiro atoms. The van der Waals surface area contributed by atoms with E-state index in [2.05, 4.69) is 4.90 Å². The first-order valence-electron chi connectivity index (χ1n) is 7.34. The van der Waals surface area contributed by atoms with E-state index in [0.29, 0.717) is 12.1 Å². The molecule has 2 saturated heterocycles. The summed E-state index contributed by atoms with van der Waals surface area (Å²) < 4.78 is 0. The number of hydrogen-bond acceptors (Lipinski definition) is 3. The topological polar surface area (TPSA) is 40.6 Å². The van der Waals surface area contributed by atoms with Gasteiger partial charge in [0, 0.05) is 0 Å². The monoisotopic (exact) mass is 272 g/mol. The number of imide groups is 1. The Balaban J connectivity index is 1.81. The molecule has 1 atom stereocenters. The van der Waals surface area contributed by atoms with Crippen LogP contribution in [-0.2, 0) is 9.59 Å². The van der Waals surface area contributed by atoms with Gasteiger partial charge in [0.05, 0.1) is 18.2 Å². The van der Waals surface area contributed by atoms with Crippen molar-refractivity contribution >= 4 is 17.5 Å². The minimum absolute atomic E-state index is 0.0549. The fraction of sp³-hybridized carbons (Fsp3) is 0.500. The average Bonchev–Trinajstić information content (AvgIpc) is 2.76. The molecule has 0 N–H and O–H groups in total. The molecule has 4 nitrogen and oxygen atoms in total. The van der Waals surface area contributed by atoms with Gasteiger partial charge in [-0.05, 0) is 45.0 Å². The number of piperidine rings is 1. The van der Waals surface area contributed by atoms with Gasteiger partial charge < -0.3 is 0 Å². The molecular weight excluding hydrogens is 252 g/mol. The SMILES string of the molecule is Cc1ccc(N2C(=O)C[C@@H](N3CCCCC3)C2=O)cc1. The minimum atomic E-state index is -0.246. The molecular formula is C16H20N2O2. The van der Waals surface area contributed by atoms with E-state index in [1.807, 2.05) is 31.2 Å². The first-order chi connectivity index (χ1) is 9.66. The number of amides is 2. The predicted molar refractivity (Wildman–Crippen MR) is 77.5 cm³/mol. The smallest absolute Gasteiger partial charge is 0.251 e. The second kappa shape index (κ2) is 5.37. The Kier molecular flexibility index (Phi) is 3.57. The van der Waals surface area contributed by atoms with Gasteiger partial charge in [0.15, 0.2) is 0 Å². The summed E-state index contributed by atoms with van der Waals surface area (Å²) in [5.41, 5.74) is 1.82. The highest BCUT2D eigenvalue weighted by molar-refractivity contribution is 6.22. The van der Waals surface area contributed by atoms with E-state index in [9.17, 15) is 9.59 Å². The van der Waals surface area contributed by atoms with Gasteiger partial charge in [0.1, 0.15) is 0 Å². The third-order valence-electron chi connectivity index (χ3n) is 4.25. The summed E-state index contributed by atoms with van der Waals surface area (Å²) in [6, 6.07) is 7.32. The Bertz CT molecular complexity index is 518. The molecule has 2 amide bonds. The average molecular weight is 272 g/mol. The summed E-state index contributed by atoms with van der Waals surface area (Å²) in [5.74, 6) is -0.129. The normalized spacial score (nSPS) is 24.4. The van der Waals surface area contributed by atoms with Crippen molar-refractivity contribution in [3.8, 4) is 0 Å².